The highest BCUT2D eigenvalue weighted by atomic mass is 16.5. The van der Waals surface area contributed by atoms with Gasteiger partial charge in [-0.05, 0) is 61.6 Å². The molecule has 0 bridgehead atoms. The van der Waals surface area contributed by atoms with Crippen molar-refractivity contribution in [1.29, 1.82) is 0 Å². The zero-order chi connectivity index (χ0) is 22.5. The van der Waals surface area contributed by atoms with Gasteiger partial charge in [0.05, 0.1) is 25.3 Å². The van der Waals surface area contributed by atoms with Gasteiger partial charge in [-0.25, -0.2) is 0 Å². The van der Waals surface area contributed by atoms with Crippen molar-refractivity contribution in [2.24, 2.45) is 0 Å². The molecule has 4 heteroatoms. The van der Waals surface area contributed by atoms with Gasteiger partial charge in [0.1, 0.15) is 5.75 Å². The Morgan fingerprint density at radius 1 is 1.00 bits per heavy atom. The molecule has 0 atom stereocenters. The van der Waals surface area contributed by atoms with E-state index in [1.54, 1.807) is 18.9 Å². The molecule has 2 aromatic carbocycles. The Morgan fingerprint density at radius 3 is 2.31 bits per heavy atom. The minimum absolute atomic E-state index is 0.0512. The third-order valence-corrected chi connectivity index (χ3v) is 6.29. The maximum atomic E-state index is 12.9. The molecule has 1 heterocycles. The molecule has 0 aliphatic heterocycles. The fourth-order valence-electron chi connectivity index (χ4n) is 4.55. The van der Waals surface area contributed by atoms with Gasteiger partial charge < -0.3 is 9.15 Å². The highest BCUT2D eigenvalue weighted by molar-refractivity contribution is 6.08. The third-order valence-electron chi connectivity index (χ3n) is 6.29. The first-order valence-electron chi connectivity index (χ1n) is 11.4. The van der Waals surface area contributed by atoms with E-state index < -0.39 is 0 Å². The zero-order valence-corrected chi connectivity index (χ0v) is 19.1. The molecule has 166 valence electrons. The molecule has 0 unspecified atom stereocenters. The Balaban J connectivity index is 1.82. The Kier molecular flexibility index (Phi) is 6.79. The Labute approximate surface area is 190 Å². The summed E-state index contributed by atoms with van der Waals surface area (Å²) >= 11 is 0. The summed E-state index contributed by atoms with van der Waals surface area (Å²) in [4.78, 5) is 14.7. The molecular formula is C28H31NO3. The first-order valence-corrected chi connectivity index (χ1v) is 11.4. The number of nitrogens with zero attached hydrogens (tertiary/aromatic N) is 1. The minimum atomic E-state index is -0.0512. The lowest BCUT2D eigenvalue weighted by Crippen LogP contribution is -2.26. The summed E-state index contributed by atoms with van der Waals surface area (Å²) in [7, 11) is 1.64. The van der Waals surface area contributed by atoms with Crippen molar-refractivity contribution in [3.8, 4) is 5.75 Å². The lowest BCUT2D eigenvalue weighted by molar-refractivity contribution is -0.115. The number of ether oxygens (including phenoxy) is 1. The predicted molar refractivity (Wildman–Crippen MR) is 130 cm³/mol. The second kappa shape index (κ2) is 9.90. The van der Waals surface area contributed by atoms with Gasteiger partial charge in [-0.2, -0.15) is 0 Å². The molecule has 0 spiro atoms. The summed E-state index contributed by atoms with van der Waals surface area (Å²) in [6, 6.07) is 15.9. The molecule has 1 aliphatic rings. The van der Waals surface area contributed by atoms with Gasteiger partial charge >= 0.3 is 0 Å². The molecule has 1 saturated carbocycles. The van der Waals surface area contributed by atoms with Gasteiger partial charge in [0, 0.05) is 23.7 Å². The standard InChI is InChI=1S/C28H31NO3/c1-20-9-11-23(12-10-20)28(29(21(2)30)25-13-15-26(31-3)16-14-25)17-24-18-32-19-27(24)22-7-5-4-6-8-22/h9-19,22H,4-8H2,1-3H3/b28-17-. The predicted octanol–water partition coefficient (Wildman–Crippen LogP) is 7.20. The second-order valence-corrected chi connectivity index (χ2v) is 8.57. The number of aryl methyl sites for hydroxylation is 1. The van der Waals surface area contributed by atoms with Crippen molar-refractivity contribution in [2.45, 2.75) is 51.9 Å². The van der Waals surface area contributed by atoms with Gasteiger partial charge in [-0.3, -0.25) is 9.69 Å². The van der Waals surface area contributed by atoms with Crippen LogP contribution >= 0.6 is 0 Å². The van der Waals surface area contributed by atoms with Crippen LogP contribution in [0.15, 0.2) is 65.5 Å². The van der Waals surface area contributed by atoms with Crippen LogP contribution < -0.4 is 9.64 Å². The van der Waals surface area contributed by atoms with E-state index >= 15 is 0 Å². The number of hydrogen-bond acceptors (Lipinski definition) is 3. The zero-order valence-electron chi connectivity index (χ0n) is 19.1. The molecule has 1 aliphatic carbocycles. The minimum Gasteiger partial charge on any atom is -0.497 e. The van der Waals surface area contributed by atoms with Gasteiger partial charge in [-0.1, -0.05) is 49.1 Å². The number of furan rings is 1. The van der Waals surface area contributed by atoms with Crippen LogP contribution in [0.3, 0.4) is 0 Å². The van der Waals surface area contributed by atoms with Gasteiger partial charge in [0.25, 0.3) is 0 Å². The van der Waals surface area contributed by atoms with Crippen molar-refractivity contribution in [2.75, 3.05) is 12.0 Å². The average Bonchev–Trinajstić information content (AvgIpc) is 3.28. The summed E-state index contributed by atoms with van der Waals surface area (Å²) in [5.41, 5.74) is 6.09. The first kappa shape index (κ1) is 21.9. The van der Waals surface area contributed by atoms with E-state index in [0.717, 1.165) is 28.3 Å². The topological polar surface area (TPSA) is 42.7 Å². The van der Waals surface area contributed by atoms with E-state index in [2.05, 4.69) is 37.3 Å². The molecular weight excluding hydrogens is 398 g/mol. The Bertz CT molecular complexity index is 1070. The summed E-state index contributed by atoms with van der Waals surface area (Å²) in [5, 5.41) is 0. The quantitative estimate of drug-likeness (QED) is 0.416. The van der Waals surface area contributed by atoms with E-state index in [1.807, 2.05) is 36.8 Å². The number of hydrogen-bond donors (Lipinski definition) is 0. The smallest absolute Gasteiger partial charge is 0.228 e. The van der Waals surface area contributed by atoms with Crippen molar-refractivity contribution < 1.29 is 13.9 Å². The highest BCUT2D eigenvalue weighted by Crippen LogP contribution is 2.37. The van der Waals surface area contributed by atoms with Crippen LogP contribution in [0.5, 0.6) is 5.75 Å². The molecule has 0 radical (unpaired) electrons. The van der Waals surface area contributed by atoms with E-state index in [0.29, 0.717) is 5.92 Å². The molecule has 4 rings (SSSR count). The SMILES string of the molecule is COc1ccc(N(C(C)=O)/C(=C\c2cocc2C2CCCCC2)c2ccc(C)cc2)cc1. The highest BCUT2D eigenvalue weighted by Gasteiger charge is 2.23. The van der Waals surface area contributed by atoms with Crippen LogP contribution in [0.1, 0.15) is 67.2 Å². The molecule has 32 heavy (non-hydrogen) atoms. The Hall–Kier alpha value is -3.27. The number of anilines is 1. The van der Waals surface area contributed by atoms with Crippen molar-refractivity contribution in [1.82, 2.24) is 0 Å². The van der Waals surface area contributed by atoms with Gasteiger partial charge in [0.15, 0.2) is 0 Å². The molecule has 1 amide bonds. The number of methoxy groups -OCH3 is 1. The summed E-state index contributed by atoms with van der Waals surface area (Å²) in [6.07, 6.45) is 12.0. The van der Waals surface area contributed by atoms with Crippen LogP contribution in [0.4, 0.5) is 5.69 Å². The van der Waals surface area contributed by atoms with Crippen LogP contribution in [0.25, 0.3) is 11.8 Å². The van der Waals surface area contributed by atoms with E-state index in [1.165, 1.54) is 43.2 Å². The van der Waals surface area contributed by atoms with Crippen LogP contribution in [0, 0.1) is 6.92 Å². The number of rotatable bonds is 6. The lowest BCUT2D eigenvalue weighted by Gasteiger charge is -2.26. The third kappa shape index (κ3) is 4.80. The van der Waals surface area contributed by atoms with E-state index in [-0.39, 0.29) is 5.91 Å². The van der Waals surface area contributed by atoms with Gasteiger partial charge in [0.2, 0.25) is 5.91 Å². The summed E-state index contributed by atoms with van der Waals surface area (Å²) in [6.45, 7) is 3.67. The van der Waals surface area contributed by atoms with E-state index in [9.17, 15) is 4.79 Å². The maximum Gasteiger partial charge on any atom is 0.228 e. The molecule has 0 saturated heterocycles. The lowest BCUT2D eigenvalue weighted by atomic mass is 9.83. The fraction of sp³-hybridized carbons (Fsp3) is 0.321. The van der Waals surface area contributed by atoms with Crippen molar-refractivity contribution >= 4 is 23.4 Å². The number of amides is 1. The van der Waals surface area contributed by atoms with Crippen LogP contribution in [0.2, 0.25) is 0 Å². The summed E-state index contributed by atoms with van der Waals surface area (Å²) < 4.78 is 11.0. The van der Waals surface area contributed by atoms with Crippen molar-refractivity contribution in [3.63, 3.8) is 0 Å². The Morgan fingerprint density at radius 2 is 1.69 bits per heavy atom. The summed E-state index contributed by atoms with van der Waals surface area (Å²) in [5.74, 6) is 1.22. The normalized spacial score (nSPS) is 14.9. The van der Waals surface area contributed by atoms with E-state index in [4.69, 9.17) is 9.15 Å². The van der Waals surface area contributed by atoms with Crippen LogP contribution in [-0.4, -0.2) is 13.0 Å². The largest absolute Gasteiger partial charge is 0.497 e. The molecule has 1 fully saturated rings. The molecule has 3 aromatic rings. The van der Waals surface area contributed by atoms with Crippen molar-refractivity contribution in [3.05, 3.63) is 83.3 Å². The average molecular weight is 430 g/mol. The monoisotopic (exact) mass is 429 g/mol. The maximum absolute atomic E-state index is 12.9. The van der Waals surface area contributed by atoms with Gasteiger partial charge in [-0.15, -0.1) is 0 Å². The molecule has 0 N–H and O–H groups in total. The molecule has 1 aromatic heterocycles. The molecule has 4 nitrogen and oxygen atoms in total. The second-order valence-electron chi connectivity index (χ2n) is 8.57. The first-order chi connectivity index (χ1) is 15.6. The fourth-order valence-corrected chi connectivity index (χ4v) is 4.55. The van der Waals surface area contributed by atoms with Crippen LogP contribution in [-0.2, 0) is 4.79 Å². The number of carbonyl (C=O) groups excluding carboxylic acids is 1. The number of benzene rings is 2. The number of carbonyl (C=O) groups is 1.